The highest BCUT2D eigenvalue weighted by atomic mass is 16.1. The summed E-state index contributed by atoms with van der Waals surface area (Å²) in [5.41, 5.74) is 0. The molecular formula is C10H19NO. The lowest BCUT2D eigenvalue weighted by Crippen LogP contribution is -2.22. The summed E-state index contributed by atoms with van der Waals surface area (Å²) in [5.74, 6) is 1.77. The first-order valence-corrected chi connectivity index (χ1v) is 4.84. The minimum Gasteiger partial charge on any atom is -0.316 e. The van der Waals surface area contributed by atoms with Gasteiger partial charge in [0, 0.05) is 18.9 Å². The summed E-state index contributed by atoms with van der Waals surface area (Å²) in [6.07, 6.45) is 0.747. The van der Waals surface area contributed by atoms with Gasteiger partial charge in [-0.3, -0.25) is 4.79 Å². The number of Topliss-reactive ketones (excluding diaryl/α,β-unsaturated/α-hetero) is 1. The molecule has 1 aliphatic heterocycles. The standard InChI is InChI=1S/C10H19NO/c1-7(2)4-10(12)9-6-11-5-8(9)3/h7-9,11H,4-6H2,1-3H3. The molecule has 0 saturated carbocycles. The van der Waals surface area contributed by atoms with Crippen LogP contribution in [0.5, 0.6) is 0 Å². The second kappa shape index (κ2) is 4.04. The van der Waals surface area contributed by atoms with Crippen LogP contribution in [-0.2, 0) is 4.79 Å². The molecule has 12 heavy (non-hydrogen) atoms. The third-order valence-electron chi connectivity index (χ3n) is 2.54. The van der Waals surface area contributed by atoms with Crippen LogP contribution < -0.4 is 5.32 Å². The van der Waals surface area contributed by atoms with E-state index in [9.17, 15) is 4.79 Å². The minimum atomic E-state index is 0.285. The Labute approximate surface area is 74.7 Å². The molecule has 1 fully saturated rings. The van der Waals surface area contributed by atoms with Gasteiger partial charge in [0.2, 0.25) is 0 Å². The first-order valence-electron chi connectivity index (χ1n) is 4.84. The Hall–Kier alpha value is -0.370. The van der Waals surface area contributed by atoms with Gasteiger partial charge in [0.25, 0.3) is 0 Å². The zero-order valence-electron chi connectivity index (χ0n) is 8.26. The van der Waals surface area contributed by atoms with Gasteiger partial charge in [-0.15, -0.1) is 0 Å². The van der Waals surface area contributed by atoms with Gasteiger partial charge in [0.05, 0.1) is 0 Å². The fraction of sp³-hybridized carbons (Fsp3) is 0.900. The smallest absolute Gasteiger partial charge is 0.137 e. The molecule has 0 aromatic carbocycles. The molecule has 0 aromatic heterocycles. The molecule has 2 atom stereocenters. The van der Waals surface area contributed by atoms with Crippen molar-refractivity contribution in [2.75, 3.05) is 13.1 Å². The van der Waals surface area contributed by atoms with Crippen molar-refractivity contribution in [1.82, 2.24) is 5.32 Å². The lowest BCUT2D eigenvalue weighted by atomic mass is 9.89. The Balaban J connectivity index is 2.41. The van der Waals surface area contributed by atoms with Crippen LogP contribution in [0.2, 0.25) is 0 Å². The zero-order chi connectivity index (χ0) is 9.14. The SMILES string of the molecule is CC(C)CC(=O)C1CNCC1C. The Morgan fingerprint density at radius 1 is 1.50 bits per heavy atom. The third-order valence-corrected chi connectivity index (χ3v) is 2.54. The molecule has 0 aliphatic carbocycles. The summed E-state index contributed by atoms with van der Waals surface area (Å²) in [7, 11) is 0. The molecule has 1 saturated heterocycles. The van der Waals surface area contributed by atoms with Gasteiger partial charge in [0.15, 0.2) is 0 Å². The predicted molar refractivity (Wildman–Crippen MR) is 50.0 cm³/mol. The average Bonchev–Trinajstić information content (AvgIpc) is 2.33. The van der Waals surface area contributed by atoms with Crippen molar-refractivity contribution in [2.24, 2.45) is 17.8 Å². The fourth-order valence-corrected chi connectivity index (χ4v) is 1.79. The number of hydrogen-bond donors (Lipinski definition) is 1. The quantitative estimate of drug-likeness (QED) is 0.693. The van der Waals surface area contributed by atoms with Gasteiger partial charge in [0.1, 0.15) is 5.78 Å². The number of carbonyl (C=O) groups excluding carboxylic acids is 1. The number of nitrogens with one attached hydrogen (secondary N) is 1. The third kappa shape index (κ3) is 2.31. The van der Waals surface area contributed by atoms with E-state index >= 15 is 0 Å². The van der Waals surface area contributed by atoms with E-state index in [4.69, 9.17) is 0 Å². The monoisotopic (exact) mass is 169 g/mol. The lowest BCUT2D eigenvalue weighted by Gasteiger charge is -2.13. The minimum absolute atomic E-state index is 0.285. The molecule has 0 spiro atoms. The van der Waals surface area contributed by atoms with E-state index < -0.39 is 0 Å². The van der Waals surface area contributed by atoms with E-state index in [-0.39, 0.29) is 5.92 Å². The van der Waals surface area contributed by atoms with Crippen LogP contribution in [0.1, 0.15) is 27.2 Å². The van der Waals surface area contributed by atoms with Crippen LogP contribution in [0.15, 0.2) is 0 Å². The summed E-state index contributed by atoms with van der Waals surface area (Å²) < 4.78 is 0. The van der Waals surface area contributed by atoms with Gasteiger partial charge in [-0.25, -0.2) is 0 Å². The number of rotatable bonds is 3. The van der Waals surface area contributed by atoms with Crippen LogP contribution in [0.3, 0.4) is 0 Å². The molecule has 0 amide bonds. The summed E-state index contributed by atoms with van der Waals surface area (Å²) in [6, 6.07) is 0. The molecular weight excluding hydrogens is 150 g/mol. The average molecular weight is 169 g/mol. The van der Waals surface area contributed by atoms with Gasteiger partial charge in [-0.05, 0) is 18.4 Å². The summed E-state index contributed by atoms with van der Waals surface area (Å²) in [4.78, 5) is 11.6. The molecule has 0 aromatic rings. The molecule has 1 N–H and O–H groups in total. The van der Waals surface area contributed by atoms with Gasteiger partial charge < -0.3 is 5.32 Å². The van der Waals surface area contributed by atoms with Gasteiger partial charge >= 0.3 is 0 Å². The fourth-order valence-electron chi connectivity index (χ4n) is 1.79. The number of ketones is 1. The molecule has 1 heterocycles. The summed E-state index contributed by atoms with van der Waals surface area (Å²) in [5, 5.41) is 3.26. The van der Waals surface area contributed by atoms with Gasteiger partial charge in [-0.1, -0.05) is 20.8 Å². The highest BCUT2D eigenvalue weighted by Crippen LogP contribution is 2.19. The van der Waals surface area contributed by atoms with E-state index in [1.54, 1.807) is 0 Å². The normalized spacial score (nSPS) is 29.7. The van der Waals surface area contributed by atoms with Crippen molar-refractivity contribution >= 4 is 5.78 Å². The van der Waals surface area contributed by atoms with E-state index in [1.165, 1.54) is 0 Å². The van der Waals surface area contributed by atoms with E-state index in [0.29, 0.717) is 17.6 Å². The van der Waals surface area contributed by atoms with Crippen LogP contribution in [0.25, 0.3) is 0 Å². The second-order valence-electron chi connectivity index (χ2n) is 4.31. The molecule has 0 radical (unpaired) electrons. The molecule has 0 bridgehead atoms. The summed E-state index contributed by atoms with van der Waals surface area (Å²) >= 11 is 0. The second-order valence-corrected chi connectivity index (χ2v) is 4.31. The van der Waals surface area contributed by atoms with Crippen LogP contribution in [0, 0.1) is 17.8 Å². The summed E-state index contributed by atoms with van der Waals surface area (Å²) in [6.45, 7) is 8.26. The highest BCUT2D eigenvalue weighted by Gasteiger charge is 2.29. The van der Waals surface area contributed by atoms with Crippen LogP contribution in [0.4, 0.5) is 0 Å². The van der Waals surface area contributed by atoms with E-state index in [1.807, 2.05) is 0 Å². The molecule has 2 heteroatoms. The predicted octanol–water partition coefficient (Wildman–Crippen LogP) is 1.46. The Kier molecular flexibility index (Phi) is 3.27. The molecule has 70 valence electrons. The van der Waals surface area contributed by atoms with E-state index in [2.05, 4.69) is 26.1 Å². The first kappa shape index (κ1) is 9.72. The topological polar surface area (TPSA) is 29.1 Å². The maximum atomic E-state index is 11.6. The van der Waals surface area contributed by atoms with Crippen molar-refractivity contribution in [2.45, 2.75) is 27.2 Å². The molecule has 2 nitrogen and oxygen atoms in total. The van der Waals surface area contributed by atoms with Gasteiger partial charge in [-0.2, -0.15) is 0 Å². The van der Waals surface area contributed by atoms with Crippen LogP contribution >= 0.6 is 0 Å². The van der Waals surface area contributed by atoms with Crippen molar-refractivity contribution < 1.29 is 4.79 Å². The Bertz CT molecular complexity index is 165. The Morgan fingerprint density at radius 3 is 2.58 bits per heavy atom. The first-order chi connectivity index (χ1) is 5.61. The maximum absolute atomic E-state index is 11.6. The van der Waals surface area contributed by atoms with Crippen molar-refractivity contribution in [1.29, 1.82) is 0 Å². The maximum Gasteiger partial charge on any atom is 0.137 e. The van der Waals surface area contributed by atoms with Crippen LogP contribution in [-0.4, -0.2) is 18.9 Å². The molecule has 1 rings (SSSR count). The highest BCUT2D eigenvalue weighted by molar-refractivity contribution is 5.82. The number of carbonyl (C=O) groups is 1. The molecule has 2 unspecified atom stereocenters. The van der Waals surface area contributed by atoms with E-state index in [0.717, 1.165) is 19.5 Å². The Morgan fingerprint density at radius 2 is 2.17 bits per heavy atom. The molecule has 1 aliphatic rings. The van der Waals surface area contributed by atoms with Crippen molar-refractivity contribution in [3.8, 4) is 0 Å². The van der Waals surface area contributed by atoms with Crippen molar-refractivity contribution in [3.05, 3.63) is 0 Å². The number of hydrogen-bond acceptors (Lipinski definition) is 2. The zero-order valence-corrected chi connectivity index (χ0v) is 8.26. The van der Waals surface area contributed by atoms with Crippen molar-refractivity contribution in [3.63, 3.8) is 0 Å². The largest absolute Gasteiger partial charge is 0.316 e. The lowest BCUT2D eigenvalue weighted by molar-refractivity contribution is -0.123.